The maximum absolute atomic E-state index is 14.6. The fourth-order valence-corrected chi connectivity index (χ4v) is 11.1. The Morgan fingerprint density at radius 1 is 0.908 bits per heavy atom. The van der Waals surface area contributed by atoms with Gasteiger partial charge >= 0.3 is 7.60 Å². The molecule has 3 aromatic carbocycles. The molecule has 1 fully saturated rings. The number of nitrogens with one attached hydrogen (secondary N) is 1. The van der Waals surface area contributed by atoms with E-state index in [1.807, 2.05) is 57.4 Å². The Labute approximate surface area is 392 Å². The molecular weight excluding hydrogens is 903 g/mol. The largest absolute Gasteiger partial charge is 0.358 e. The fourth-order valence-electron chi connectivity index (χ4n) is 10.2. The van der Waals surface area contributed by atoms with Crippen molar-refractivity contribution < 1.29 is 38.1 Å². The van der Waals surface area contributed by atoms with Crippen molar-refractivity contribution >= 4 is 63.9 Å². The number of benzene rings is 3. The number of fused-ring (bicyclic) bond motifs is 2. The van der Waals surface area contributed by atoms with Gasteiger partial charge in [-0.05, 0) is 81.2 Å². The van der Waals surface area contributed by atoms with Crippen molar-refractivity contribution in [1.82, 2.24) is 10.2 Å². The normalized spacial score (nSPS) is 20.9. The summed E-state index contributed by atoms with van der Waals surface area (Å²) in [6, 6.07) is 22.3. The lowest BCUT2D eigenvalue weighted by Gasteiger charge is -2.37. The SMILES string of the molecule is CCC(NC(=O)[C@H]1CCCN1C1=C(C=C2N(C)c3ccccc3C2(C)C)C(=O)C1=CC1=[N+](C)c2ccccc2C1(C)C)C(=O)CCCCCC(=O)CCc1ccc(C(Br)P(=O)(O)O)cc1. The number of para-hydroxylation sites is 2. The number of anilines is 1. The summed E-state index contributed by atoms with van der Waals surface area (Å²) in [5, 5.41) is 3.11. The van der Waals surface area contributed by atoms with Crippen LogP contribution in [0.2, 0.25) is 0 Å². The van der Waals surface area contributed by atoms with Crippen LogP contribution in [0, 0.1) is 0 Å². The highest BCUT2D eigenvalue weighted by Crippen LogP contribution is 2.55. The number of allylic oxidation sites excluding steroid dienone is 5. The average molecular weight is 967 g/mol. The van der Waals surface area contributed by atoms with Crippen molar-refractivity contribution in [2.45, 2.75) is 126 Å². The quantitative estimate of drug-likeness (QED) is 0.0373. The minimum atomic E-state index is -4.31. The van der Waals surface area contributed by atoms with E-state index < -0.39 is 24.2 Å². The van der Waals surface area contributed by atoms with Gasteiger partial charge in [0.05, 0.1) is 22.7 Å². The molecule has 1 amide bonds. The van der Waals surface area contributed by atoms with Gasteiger partial charge < -0.3 is 24.9 Å². The first-order chi connectivity index (χ1) is 30.8. The van der Waals surface area contributed by atoms with Crippen molar-refractivity contribution in [3.63, 3.8) is 0 Å². The Balaban J connectivity index is 1.02. The molecule has 0 spiro atoms. The third-order valence-electron chi connectivity index (χ3n) is 14.0. The molecule has 0 bridgehead atoms. The highest BCUT2D eigenvalue weighted by molar-refractivity contribution is 9.10. The van der Waals surface area contributed by atoms with E-state index in [1.54, 1.807) is 24.3 Å². The van der Waals surface area contributed by atoms with E-state index in [9.17, 15) is 33.5 Å². The van der Waals surface area contributed by atoms with Crippen LogP contribution in [0.3, 0.4) is 0 Å². The molecule has 3 heterocycles. The third kappa shape index (κ3) is 9.60. The zero-order valence-corrected chi connectivity index (χ0v) is 41.2. The topological polar surface area (TPSA) is 147 Å². The van der Waals surface area contributed by atoms with Crippen molar-refractivity contribution in [1.29, 1.82) is 0 Å². The summed E-state index contributed by atoms with van der Waals surface area (Å²) < 4.78 is 12.7. The van der Waals surface area contributed by atoms with E-state index in [0.717, 1.165) is 40.5 Å². The summed E-state index contributed by atoms with van der Waals surface area (Å²) in [7, 11) is -0.219. The average Bonchev–Trinajstić information content (AvgIpc) is 3.89. The molecule has 1 aliphatic carbocycles. The number of alkyl halides is 1. The van der Waals surface area contributed by atoms with Crippen LogP contribution in [-0.4, -0.2) is 81.0 Å². The molecule has 7 rings (SSSR count). The highest BCUT2D eigenvalue weighted by atomic mass is 79.9. The molecule has 3 aromatic rings. The second-order valence-electron chi connectivity index (χ2n) is 19.0. The Morgan fingerprint density at radius 3 is 2.23 bits per heavy atom. The molecule has 4 aliphatic rings. The van der Waals surface area contributed by atoms with Crippen molar-refractivity contribution in [3.05, 3.63) is 130 Å². The van der Waals surface area contributed by atoms with Gasteiger partial charge in [0.2, 0.25) is 11.6 Å². The standard InChI is InChI=1S/C52H62BrN4O7P/c1-8-40(44(59)23-11-9-10-17-35(58)29-26-33-24-27-34(28-25-33)49(53)65(62,63)64)54-50(61)43-22-16-30-57(43)47-36(31-45-51(2,3)38-18-12-14-20-41(38)55(45)6)48(60)37(47)32-46-52(4,5)39-19-13-15-21-42(39)56(46)7/h12-15,18-21,24-25,27-28,31-32,40,43,49H,8-11,16-17,22-23,26,29-30H2,1-7H3,(H2-,54,61,62,63,64)/p+1/t40?,43-,49?/m1/s1. The number of nitrogens with zero attached hydrogens (tertiary/aromatic N) is 3. The van der Waals surface area contributed by atoms with E-state index in [4.69, 9.17) is 0 Å². The predicted molar refractivity (Wildman–Crippen MR) is 260 cm³/mol. The molecule has 0 radical (unpaired) electrons. The Bertz CT molecular complexity index is 2570. The number of halogens is 1. The zero-order valence-electron chi connectivity index (χ0n) is 38.7. The minimum absolute atomic E-state index is 0.0257. The van der Waals surface area contributed by atoms with Crippen LogP contribution in [0.5, 0.6) is 0 Å². The molecule has 0 aromatic heterocycles. The number of unbranched alkanes of at least 4 members (excludes halogenated alkanes) is 2. The first-order valence-electron chi connectivity index (χ1n) is 22.9. The van der Waals surface area contributed by atoms with Gasteiger partial charge in [-0.1, -0.05) is 104 Å². The lowest BCUT2D eigenvalue weighted by Crippen LogP contribution is -2.50. The van der Waals surface area contributed by atoms with Gasteiger partial charge in [0.15, 0.2) is 17.3 Å². The van der Waals surface area contributed by atoms with E-state index >= 15 is 0 Å². The number of aryl methyl sites for hydroxylation is 1. The number of carbonyl (C=O) groups is 4. The number of likely N-dealkylation sites (tertiary alicyclic amines) is 1. The number of likely N-dealkylation sites (N-methyl/N-ethyl adjacent to an activating group) is 1. The Morgan fingerprint density at radius 2 is 1.57 bits per heavy atom. The molecule has 3 atom stereocenters. The van der Waals surface area contributed by atoms with E-state index in [1.165, 1.54) is 11.1 Å². The van der Waals surface area contributed by atoms with Crippen LogP contribution in [0.1, 0.15) is 119 Å². The molecular formula is C52H63BrN4O7P+. The molecule has 65 heavy (non-hydrogen) atoms. The van der Waals surface area contributed by atoms with Crippen molar-refractivity contribution in [2.75, 3.05) is 25.5 Å². The third-order valence-corrected chi connectivity index (χ3v) is 17.0. The van der Waals surface area contributed by atoms with E-state index in [-0.39, 0.29) is 34.1 Å². The van der Waals surface area contributed by atoms with Crippen LogP contribution in [0.4, 0.5) is 11.4 Å². The van der Waals surface area contributed by atoms with Gasteiger partial charge in [-0.15, -0.1) is 0 Å². The van der Waals surface area contributed by atoms with E-state index in [0.29, 0.717) is 81.0 Å². The first-order valence-corrected chi connectivity index (χ1v) is 25.5. The maximum atomic E-state index is 14.6. The number of carbonyl (C=O) groups excluding carboxylic acids is 4. The number of hydrogen-bond donors (Lipinski definition) is 3. The van der Waals surface area contributed by atoms with Gasteiger partial charge in [0.25, 0.3) is 0 Å². The van der Waals surface area contributed by atoms with Gasteiger partial charge in [-0.3, -0.25) is 23.7 Å². The predicted octanol–water partition coefficient (Wildman–Crippen LogP) is 9.42. The Kier molecular flexibility index (Phi) is 14.3. The number of rotatable bonds is 18. The van der Waals surface area contributed by atoms with Gasteiger partial charge in [0, 0.05) is 72.9 Å². The molecule has 11 nitrogen and oxygen atoms in total. The number of hydrogen-bond acceptors (Lipinski definition) is 7. The highest BCUT2D eigenvalue weighted by Gasteiger charge is 2.48. The van der Waals surface area contributed by atoms with Crippen LogP contribution in [-0.2, 0) is 41.0 Å². The summed E-state index contributed by atoms with van der Waals surface area (Å²) in [6.45, 7) is 11.2. The second-order valence-corrected chi connectivity index (χ2v) is 22.3. The lowest BCUT2D eigenvalue weighted by atomic mass is 9.76. The summed E-state index contributed by atoms with van der Waals surface area (Å²) >= 11 is 3.06. The Hall–Kier alpha value is -4.74. The smallest absolute Gasteiger partial charge is 0.343 e. The zero-order chi connectivity index (χ0) is 47.0. The summed E-state index contributed by atoms with van der Waals surface area (Å²) in [6.07, 6.45) is 9.51. The van der Waals surface area contributed by atoms with Gasteiger partial charge in [-0.2, -0.15) is 4.58 Å². The van der Waals surface area contributed by atoms with Crippen molar-refractivity contribution in [2.24, 2.45) is 0 Å². The summed E-state index contributed by atoms with van der Waals surface area (Å²) in [4.78, 5) is 78.2. The lowest BCUT2D eigenvalue weighted by molar-refractivity contribution is -0.401. The monoisotopic (exact) mass is 965 g/mol. The number of amides is 1. The van der Waals surface area contributed by atoms with Crippen LogP contribution < -0.4 is 10.2 Å². The number of ketones is 3. The molecule has 3 N–H and O–H groups in total. The van der Waals surface area contributed by atoms with E-state index in [2.05, 4.69) is 87.6 Å². The van der Waals surface area contributed by atoms with Gasteiger partial charge in [-0.25, -0.2) is 0 Å². The molecule has 344 valence electrons. The summed E-state index contributed by atoms with van der Waals surface area (Å²) in [5.41, 5.74) is 9.27. The van der Waals surface area contributed by atoms with Crippen LogP contribution >= 0.6 is 23.5 Å². The fraction of sp³-hybridized carbons (Fsp3) is 0.442. The summed E-state index contributed by atoms with van der Waals surface area (Å²) in [5.74, 6) is -0.154. The minimum Gasteiger partial charge on any atom is -0.358 e. The first kappa shape index (κ1) is 48.2. The molecule has 2 unspecified atom stereocenters. The molecule has 1 saturated heterocycles. The van der Waals surface area contributed by atoms with Crippen molar-refractivity contribution in [3.8, 4) is 0 Å². The number of Topliss-reactive ketones (excluding diaryl/α,β-unsaturated/α-hetero) is 3. The molecule has 13 heteroatoms. The van der Waals surface area contributed by atoms with Gasteiger partial charge in [0.1, 0.15) is 23.4 Å². The maximum Gasteiger partial charge on any atom is 0.343 e. The molecule has 0 saturated carbocycles. The van der Waals surface area contributed by atoms with Crippen LogP contribution in [0.25, 0.3) is 0 Å². The second kappa shape index (κ2) is 19.2. The van der Waals surface area contributed by atoms with Crippen LogP contribution in [0.15, 0.2) is 107 Å². The molecule has 3 aliphatic heterocycles.